The second-order valence-corrected chi connectivity index (χ2v) is 6.42. The van der Waals surface area contributed by atoms with E-state index in [2.05, 4.69) is 39.1 Å². The number of nitrogens with zero attached hydrogens (tertiary/aromatic N) is 1. The first-order valence-corrected chi connectivity index (χ1v) is 6.05. The molecule has 1 heterocycles. The second kappa shape index (κ2) is 4.66. The van der Waals surface area contributed by atoms with E-state index in [4.69, 9.17) is 10.00 Å². The fourth-order valence-electron chi connectivity index (χ4n) is 3.31. The zero-order valence-electron chi connectivity index (χ0n) is 11.4. The summed E-state index contributed by atoms with van der Waals surface area (Å²) in [4.78, 5) is 11.6. The molecule has 0 spiro atoms. The molecule has 4 nitrogen and oxygen atoms in total. The van der Waals surface area contributed by atoms with Gasteiger partial charge in [-0.1, -0.05) is 0 Å². The summed E-state index contributed by atoms with van der Waals surface area (Å²) < 4.78 is 4.72. The van der Waals surface area contributed by atoms with Crippen molar-refractivity contribution in [2.24, 2.45) is 11.8 Å². The van der Waals surface area contributed by atoms with Gasteiger partial charge in [-0.05, 0) is 33.6 Å². The van der Waals surface area contributed by atoms with Gasteiger partial charge in [-0.3, -0.25) is 4.79 Å². The monoisotopic (exact) mass is 239 g/mol. The number of hydrogen-bond donors (Lipinski definition) is 1. The molecular weight excluding hydrogens is 216 g/mol. The van der Waals surface area contributed by atoms with Gasteiger partial charge in [0.1, 0.15) is 5.92 Å². The SMILES string of the molecule is COC(=O)[C@@H](C#N)C1CC(C)(C)[NH2+]C(C)(C)C1. The molecule has 1 aliphatic heterocycles. The molecule has 0 aromatic heterocycles. The Morgan fingerprint density at radius 1 is 1.35 bits per heavy atom. The smallest absolute Gasteiger partial charge is 0.323 e. The van der Waals surface area contributed by atoms with Crippen molar-refractivity contribution in [3.8, 4) is 6.07 Å². The van der Waals surface area contributed by atoms with Crippen LogP contribution in [-0.4, -0.2) is 24.2 Å². The van der Waals surface area contributed by atoms with E-state index in [9.17, 15) is 4.79 Å². The van der Waals surface area contributed by atoms with Crippen molar-refractivity contribution < 1.29 is 14.8 Å². The highest BCUT2D eigenvalue weighted by Gasteiger charge is 2.46. The molecule has 0 amide bonds. The normalized spacial score (nSPS) is 24.7. The third-order valence-electron chi connectivity index (χ3n) is 3.42. The lowest BCUT2D eigenvalue weighted by Gasteiger charge is -2.43. The van der Waals surface area contributed by atoms with E-state index in [1.165, 1.54) is 7.11 Å². The average molecular weight is 239 g/mol. The van der Waals surface area contributed by atoms with Crippen LogP contribution in [0.3, 0.4) is 0 Å². The van der Waals surface area contributed by atoms with Crippen molar-refractivity contribution in [2.45, 2.75) is 51.6 Å². The minimum Gasteiger partial charge on any atom is -0.468 e. The summed E-state index contributed by atoms with van der Waals surface area (Å²) in [6.45, 7) is 8.64. The minimum absolute atomic E-state index is 0.0650. The number of methoxy groups -OCH3 is 1. The molecule has 0 aliphatic carbocycles. The summed E-state index contributed by atoms with van der Waals surface area (Å²) >= 11 is 0. The van der Waals surface area contributed by atoms with Gasteiger partial charge in [0.05, 0.1) is 24.3 Å². The fourth-order valence-corrected chi connectivity index (χ4v) is 3.31. The van der Waals surface area contributed by atoms with Crippen molar-refractivity contribution in [3.05, 3.63) is 0 Å². The minimum atomic E-state index is -0.632. The molecule has 1 atom stereocenters. The van der Waals surface area contributed by atoms with Crippen molar-refractivity contribution >= 4 is 5.97 Å². The first-order chi connectivity index (χ1) is 7.71. The molecule has 0 bridgehead atoms. The van der Waals surface area contributed by atoms with Crippen LogP contribution in [0.2, 0.25) is 0 Å². The number of esters is 1. The molecule has 0 saturated carbocycles. The third kappa shape index (κ3) is 3.44. The largest absolute Gasteiger partial charge is 0.468 e. The number of piperidine rings is 1. The topological polar surface area (TPSA) is 66.7 Å². The number of nitriles is 1. The highest BCUT2D eigenvalue weighted by atomic mass is 16.5. The van der Waals surface area contributed by atoms with E-state index < -0.39 is 11.9 Å². The molecule has 1 saturated heterocycles. The van der Waals surface area contributed by atoms with Crippen LogP contribution in [0.4, 0.5) is 0 Å². The van der Waals surface area contributed by atoms with Crippen molar-refractivity contribution in [1.82, 2.24) is 0 Å². The van der Waals surface area contributed by atoms with Gasteiger partial charge in [-0.25, -0.2) is 0 Å². The Hall–Kier alpha value is -1.08. The molecule has 1 aliphatic rings. The molecule has 1 rings (SSSR count). The molecule has 96 valence electrons. The maximum Gasteiger partial charge on any atom is 0.323 e. The van der Waals surface area contributed by atoms with Gasteiger partial charge in [0.15, 0.2) is 0 Å². The molecule has 0 unspecified atom stereocenters. The zero-order valence-corrected chi connectivity index (χ0v) is 11.4. The first-order valence-electron chi connectivity index (χ1n) is 6.05. The molecule has 1 fully saturated rings. The maximum atomic E-state index is 11.6. The highest BCUT2D eigenvalue weighted by molar-refractivity contribution is 5.75. The predicted octanol–water partition coefficient (Wildman–Crippen LogP) is 0.830. The van der Waals surface area contributed by atoms with Crippen LogP contribution >= 0.6 is 0 Å². The molecule has 4 heteroatoms. The Morgan fingerprint density at radius 3 is 2.18 bits per heavy atom. The number of carbonyl (C=O) groups excluding carboxylic acids is 1. The lowest BCUT2D eigenvalue weighted by Crippen LogP contribution is -3.05. The molecule has 2 N–H and O–H groups in total. The third-order valence-corrected chi connectivity index (χ3v) is 3.42. The quantitative estimate of drug-likeness (QED) is 0.726. The maximum absolute atomic E-state index is 11.6. The van der Waals surface area contributed by atoms with Gasteiger partial charge in [0.25, 0.3) is 0 Å². The Kier molecular flexibility index (Phi) is 3.83. The number of carbonyl (C=O) groups is 1. The zero-order chi connectivity index (χ0) is 13.3. The highest BCUT2D eigenvalue weighted by Crippen LogP contribution is 2.32. The van der Waals surface area contributed by atoms with Crippen LogP contribution < -0.4 is 5.32 Å². The fraction of sp³-hybridized carbons (Fsp3) is 0.846. The van der Waals surface area contributed by atoms with Crippen LogP contribution in [0.5, 0.6) is 0 Å². The summed E-state index contributed by atoms with van der Waals surface area (Å²) in [5.74, 6) is -0.944. The van der Waals surface area contributed by atoms with E-state index in [1.807, 2.05) is 0 Å². The molecular formula is C13H23N2O2+. The summed E-state index contributed by atoms with van der Waals surface area (Å²) in [6, 6.07) is 2.11. The summed E-state index contributed by atoms with van der Waals surface area (Å²) in [6.07, 6.45) is 1.73. The second-order valence-electron chi connectivity index (χ2n) is 6.42. The van der Waals surface area contributed by atoms with Gasteiger partial charge in [-0.2, -0.15) is 5.26 Å². The van der Waals surface area contributed by atoms with E-state index >= 15 is 0 Å². The predicted molar refractivity (Wildman–Crippen MR) is 63.9 cm³/mol. The molecule has 0 aromatic carbocycles. The Balaban J connectivity index is 2.90. The number of rotatable bonds is 2. The van der Waals surface area contributed by atoms with Crippen molar-refractivity contribution in [1.29, 1.82) is 5.26 Å². The van der Waals surface area contributed by atoms with Gasteiger partial charge < -0.3 is 10.1 Å². The Morgan fingerprint density at radius 2 is 1.82 bits per heavy atom. The number of nitrogens with two attached hydrogens (primary N) is 1. The lowest BCUT2D eigenvalue weighted by molar-refractivity contribution is -0.790. The molecule has 0 aromatic rings. The van der Waals surface area contributed by atoms with Gasteiger partial charge in [-0.15, -0.1) is 0 Å². The summed E-state index contributed by atoms with van der Waals surface area (Å²) in [5.41, 5.74) is 0.130. The summed E-state index contributed by atoms with van der Waals surface area (Å²) in [7, 11) is 1.35. The van der Waals surface area contributed by atoms with E-state index in [0.29, 0.717) is 0 Å². The molecule has 0 radical (unpaired) electrons. The number of ether oxygens (including phenoxy) is 1. The van der Waals surface area contributed by atoms with Crippen LogP contribution in [0.25, 0.3) is 0 Å². The first kappa shape index (κ1) is 14.0. The van der Waals surface area contributed by atoms with Crippen LogP contribution in [0.1, 0.15) is 40.5 Å². The lowest BCUT2D eigenvalue weighted by atomic mass is 9.71. The summed E-state index contributed by atoms with van der Waals surface area (Å²) in [5, 5.41) is 11.5. The van der Waals surface area contributed by atoms with Crippen molar-refractivity contribution in [2.75, 3.05) is 7.11 Å². The van der Waals surface area contributed by atoms with Crippen LogP contribution in [0, 0.1) is 23.2 Å². The average Bonchev–Trinajstić information content (AvgIpc) is 2.13. The van der Waals surface area contributed by atoms with Crippen LogP contribution in [-0.2, 0) is 9.53 Å². The van der Waals surface area contributed by atoms with E-state index in [1.54, 1.807) is 0 Å². The number of quaternary nitrogens is 1. The molecule has 17 heavy (non-hydrogen) atoms. The van der Waals surface area contributed by atoms with Gasteiger partial charge in [0, 0.05) is 12.8 Å². The standard InChI is InChI=1S/C13H22N2O2/c1-12(2)6-9(7-13(3,4)15-12)10(8-14)11(16)17-5/h9-10,15H,6-7H2,1-5H3/p+1/t10-/m0/s1. The van der Waals surface area contributed by atoms with Crippen LogP contribution in [0.15, 0.2) is 0 Å². The van der Waals surface area contributed by atoms with Gasteiger partial charge >= 0.3 is 5.97 Å². The van der Waals surface area contributed by atoms with Gasteiger partial charge in [0.2, 0.25) is 0 Å². The number of hydrogen-bond acceptors (Lipinski definition) is 3. The van der Waals surface area contributed by atoms with Crippen molar-refractivity contribution in [3.63, 3.8) is 0 Å². The van der Waals surface area contributed by atoms with E-state index in [0.717, 1.165) is 12.8 Å². The Bertz CT molecular complexity index is 326. The van der Waals surface area contributed by atoms with E-state index in [-0.39, 0.29) is 17.0 Å². The Labute approximate surface area is 103 Å².